The number of H-pyrrole nitrogens is 1. The molecule has 0 amide bonds. The standard InChI is InChI=1S/C22H20N4O2S/c1-3-28-21(27)19-14(2)16-11-7-8-12-17(16)23-18(19)13-29-22-24-20(25-26-22)15-9-5-4-6-10-15/h4-12H,3,13H2,1-2H3,(H,24,25,26). The van der Waals surface area contributed by atoms with Crippen molar-refractivity contribution >= 4 is 28.6 Å². The molecule has 2 heterocycles. The fraction of sp³-hybridized carbons (Fsp3) is 0.182. The smallest absolute Gasteiger partial charge is 0.340 e. The molecule has 0 aliphatic heterocycles. The number of thioether (sulfide) groups is 1. The molecule has 4 rings (SSSR count). The summed E-state index contributed by atoms with van der Waals surface area (Å²) in [6, 6.07) is 17.6. The van der Waals surface area contributed by atoms with E-state index in [1.165, 1.54) is 11.8 Å². The van der Waals surface area contributed by atoms with Gasteiger partial charge in [0.15, 0.2) is 5.82 Å². The molecule has 2 aromatic carbocycles. The van der Waals surface area contributed by atoms with Crippen LogP contribution < -0.4 is 0 Å². The van der Waals surface area contributed by atoms with Crippen molar-refractivity contribution < 1.29 is 9.53 Å². The van der Waals surface area contributed by atoms with Crippen LogP contribution >= 0.6 is 11.8 Å². The largest absolute Gasteiger partial charge is 0.462 e. The van der Waals surface area contributed by atoms with Gasteiger partial charge in [-0.25, -0.2) is 9.78 Å². The van der Waals surface area contributed by atoms with Gasteiger partial charge < -0.3 is 4.74 Å². The number of benzene rings is 2. The van der Waals surface area contributed by atoms with E-state index in [0.717, 1.165) is 22.0 Å². The Hall–Kier alpha value is -3.19. The van der Waals surface area contributed by atoms with Gasteiger partial charge in [-0.15, -0.1) is 5.10 Å². The molecule has 0 unspecified atom stereocenters. The maximum absolute atomic E-state index is 12.6. The fourth-order valence-corrected chi connectivity index (χ4v) is 3.93. The van der Waals surface area contributed by atoms with Gasteiger partial charge in [0.1, 0.15) is 0 Å². The second-order valence-electron chi connectivity index (χ2n) is 6.42. The van der Waals surface area contributed by atoms with Crippen molar-refractivity contribution in [3.63, 3.8) is 0 Å². The van der Waals surface area contributed by atoms with Gasteiger partial charge in [0.05, 0.1) is 23.4 Å². The van der Waals surface area contributed by atoms with E-state index < -0.39 is 0 Å². The number of nitrogens with zero attached hydrogens (tertiary/aromatic N) is 3. The van der Waals surface area contributed by atoms with Crippen LogP contribution in [0.2, 0.25) is 0 Å². The number of aryl methyl sites for hydroxylation is 1. The molecule has 0 bridgehead atoms. The van der Waals surface area contributed by atoms with Crippen molar-refractivity contribution in [2.75, 3.05) is 6.61 Å². The second-order valence-corrected chi connectivity index (χ2v) is 7.36. The molecule has 1 N–H and O–H groups in total. The second kappa shape index (κ2) is 8.45. The Kier molecular flexibility index (Phi) is 5.57. The van der Waals surface area contributed by atoms with Crippen molar-refractivity contribution in [1.29, 1.82) is 0 Å². The van der Waals surface area contributed by atoms with Crippen molar-refractivity contribution in [1.82, 2.24) is 20.2 Å². The zero-order valence-corrected chi connectivity index (χ0v) is 17.0. The highest BCUT2D eigenvalue weighted by Crippen LogP contribution is 2.28. The van der Waals surface area contributed by atoms with E-state index in [9.17, 15) is 4.79 Å². The van der Waals surface area contributed by atoms with Gasteiger partial charge in [-0.05, 0) is 25.5 Å². The molecular weight excluding hydrogens is 384 g/mol. The lowest BCUT2D eigenvalue weighted by Gasteiger charge is -2.13. The zero-order valence-electron chi connectivity index (χ0n) is 16.2. The van der Waals surface area contributed by atoms with E-state index in [1.807, 2.05) is 61.5 Å². The Morgan fingerprint density at radius 1 is 1.07 bits per heavy atom. The first-order valence-corrected chi connectivity index (χ1v) is 10.3. The molecule has 0 atom stereocenters. The quantitative estimate of drug-likeness (QED) is 0.367. The van der Waals surface area contributed by atoms with Crippen LogP contribution in [0.5, 0.6) is 0 Å². The number of aromatic amines is 1. The third-order valence-corrected chi connectivity index (χ3v) is 5.42. The van der Waals surface area contributed by atoms with Crippen molar-refractivity contribution in [2.45, 2.75) is 24.8 Å². The predicted molar refractivity (Wildman–Crippen MR) is 114 cm³/mol. The summed E-state index contributed by atoms with van der Waals surface area (Å²) >= 11 is 1.43. The summed E-state index contributed by atoms with van der Waals surface area (Å²) in [5, 5.41) is 8.80. The SMILES string of the molecule is CCOC(=O)c1c(CSc2n[nH]c(-c3ccccc3)n2)nc2ccccc2c1C. The summed E-state index contributed by atoms with van der Waals surface area (Å²) in [5.41, 5.74) is 3.91. The Balaban J connectivity index is 1.64. The van der Waals surface area contributed by atoms with E-state index in [-0.39, 0.29) is 5.97 Å². The normalized spacial score (nSPS) is 11.0. The maximum atomic E-state index is 12.6. The first-order chi connectivity index (χ1) is 14.2. The van der Waals surface area contributed by atoms with Gasteiger partial charge in [0.2, 0.25) is 5.16 Å². The molecular formula is C22H20N4O2S. The third-order valence-electron chi connectivity index (χ3n) is 4.56. The molecule has 4 aromatic rings. The monoisotopic (exact) mass is 404 g/mol. The van der Waals surface area contributed by atoms with E-state index in [4.69, 9.17) is 9.72 Å². The summed E-state index contributed by atoms with van der Waals surface area (Å²) in [5.74, 6) is 0.825. The third kappa shape index (κ3) is 4.00. The molecule has 0 spiro atoms. The van der Waals surface area contributed by atoms with E-state index >= 15 is 0 Å². The minimum Gasteiger partial charge on any atom is -0.462 e. The Morgan fingerprint density at radius 2 is 1.83 bits per heavy atom. The molecule has 7 heteroatoms. The van der Waals surface area contributed by atoms with Gasteiger partial charge >= 0.3 is 5.97 Å². The lowest BCUT2D eigenvalue weighted by Crippen LogP contribution is -2.12. The molecule has 0 saturated heterocycles. The fourth-order valence-electron chi connectivity index (χ4n) is 3.19. The number of para-hydroxylation sites is 1. The van der Waals surface area contributed by atoms with E-state index in [2.05, 4.69) is 15.2 Å². The molecule has 29 heavy (non-hydrogen) atoms. The minimum absolute atomic E-state index is 0.318. The molecule has 0 aliphatic carbocycles. The Labute approximate surface area is 172 Å². The van der Waals surface area contributed by atoms with Crippen LogP contribution in [0.25, 0.3) is 22.3 Å². The molecule has 0 aliphatic rings. The summed E-state index contributed by atoms with van der Waals surface area (Å²) in [7, 11) is 0. The van der Waals surface area contributed by atoms with Crippen LogP contribution in [0.15, 0.2) is 59.8 Å². The molecule has 0 fully saturated rings. The molecule has 6 nitrogen and oxygen atoms in total. The molecule has 0 radical (unpaired) electrons. The number of fused-ring (bicyclic) bond motifs is 1. The van der Waals surface area contributed by atoms with Crippen LogP contribution in [0.3, 0.4) is 0 Å². The van der Waals surface area contributed by atoms with Gasteiger partial charge in [0, 0.05) is 16.7 Å². The molecule has 0 saturated carbocycles. The van der Waals surface area contributed by atoms with Crippen molar-refractivity contribution in [3.8, 4) is 11.4 Å². The highest BCUT2D eigenvalue weighted by Gasteiger charge is 2.20. The number of rotatable bonds is 6. The number of carbonyl (C=O) groups is 1. The average Bonchev–Trinajstić information content (AvgIpc) is 3.22. The van der Waals surface area contributed by atoms with Crippen molar-refractivity contribution in [2.24, 2.45) is 0 Å². The van der Waals surface area contributed by atoms with Crippen LogP contribution in [0, 0.1) is 6.92 Å². The van der Waals surface area contributed by atoms with Crippen LogP contribution in [-0.2, 0) is 10.5 Å². The topological polar surface area (TPSA) is 80.8 Å². The number of nitrogens with one attached hydrogen (secondary N) is 1. The van der Waals surface area contributed by atoms with Crippen LogP contribution in [-0.4, -0.2) is 32.7 Å². The number of carbonyl (C=O) groups excluding carboxylic acids is 1. The van der Waals surface area contributed by atoms with Crippen LogP contribution in [0.4, 0.5) is 0 Å². The summed E-state index contributed by atoms with van der Waals surface area (Å²) in [6.45, 7) is 4.05. The molecule has 146 valence electrons. The summed E-state index contributed by atoms with van der Waals surface area (Å²) < 4.78 is 5.29. The van der Waals surface area contributed by atoms with E-state index in [1.54, 1.807) is 6.92 Å². The average molecular weight is 404 g/mol. The lowest BCUT2D eigenvalue weighted by molar-refractivity contribution is 0.0524. The van der Waals surface area contributed by atoms with E-state index in [0.29, 0.717) is 34.6 Å². The Morgan fingerprint density at radius 3 is 2.62 bits per heavy atom. The van der Waals surface area contributed by atoms with Crippen LogP contribution in [0.1, 0.15) is 28.5 Å². The lowest BCUT2D eigenvalue weighted by atomic mass is 10.0. The number of aromatic nitrogens is 4. The number of hydrogen-bond acceptors (Lipinski definition) is 6. The predicted octanol–water partition coefficient (Wildman–Crippen LogP) is 4.80. The number of pyridine rings is 1. The maximum Gasteiger partial charge on any atom is 0.340 e. The molecule has 2 aromatic heterocycles. The van der Waals surface area contributed by atoms with Gasteiger partial charge in [-0.1, -0.05) is 60.3 Å². The van der Waals surface area contributed by atoms with Gasteiger partial charge in [-0.2, -0.15) is 0 Å². The number of ether oxygens (including phenoxy) is 1. The zero-order chi connectivity index (χ0) is 20.2. The summed E-state index contributed by atoms with van der Waals surface area (Å²) in [4.78, 5) is 21.9. The van der Waals surface area contributed by atoms with Crippen molar-refractivity contribution in [3.05, 3.63) is 71.4 Å². The summed E-state index contributed by atoms with van der Waals surface area (Å²) in [6.07, 6.45) is 0. The Bertz CT molecular complexity index is 1160. The number of hydrogen-bond donors (Lipinski definition) is 1. The number of esters is 1. The highest BCUT2D eigenvalue weighted by molar-refractivity contribution is 7.98. The first-order valence-electron chi connectivity index (χ1n) is 9.33. The van der Waals surface area contributed by atoms with Gasteiger partial charge in [-0.3, -0.25) is 10.1 Å². The minimum atomic E-state index is -0.348. The first kappa shape index (κ1) is 19.1. The highest BCUT2D eigenvalue weighted by atomic mass is 32.2. The van der Waals surface area contributed by atoms with Gasteiger partial charge in [0.25, 0.3) is 0 Å².